The number of carbonyl (C=O) groups is 2. The molecule has 1 rings (SSSR count). The van der Waals surface area contributed by atoms with Crippen molar-refractivity contribution < 1.29 is 23.1 Å². The second-order valence-electron chi connectivity index (χ2n) is 4.58. The third-order valence-electron chi connectivity index (χ3n) is 2.88. The van der Waals surface area contributed by atoms with Crippen LogP contribution >= 0.6 is 0 Å². The molecular formula is C11H17F2NO3. The highest BCUT2D eigenvalue weighted by atomic mass is 19.3. The number of hydrogen-bond acceptors (Lipinski definition) is 3. The van der Waals surface area contributed by atoms with Crippen LogP contribution in [0.4, 0.5) is 8.78 Å². The van der Waals surface area contributed by atoms with Crippen molar-refractivity contribution in [3.05, 3.63) is 0 Å². The van der Waals surface area contributed by atoms with Crippen LogP contribution in [0.2, 0.25) is 0 Å². The first kappa shape index (κ1) is 13.9. The molecule has 4 nitrogen and oxygen atoms in total. The van der Waals surface area contributed by atoms with E-state index in [4.69, 9.17) is 0 Å². The van der Waals surface area contributed by atoms with Gasteiger partial charge in [-0.15, -0.1) is 0 Å². The Morgan fingerprint density at radius 3 is 2.29 bits per heavy atom. The van der Waals surface area contributed by atoms with Gasteiger partial charge in [-0.3, -0.25) is 4.79 Å². The van der Waals surface area contributed by atoms with Gasteiger partial charge in [0.2, 0.25) is 5.91 Å². The molecule has 0 heterocycles. The van der Waals surface area contributed by atoms with Gasteiger partial charge < -0.3 is 10.1 Å². The van der Waals surface area contributed by atoms with E-state index in [9.17, 15) is 18.4 Å². The molecular weight excluding hydrogens is 232 g/mol. The predicted molar refractivity (Wildman–Crippen MR) is 56.6 cm³/mol. The molecule has 1 aliphatic carbocycles. The Labute approximate surface area is 98.7 Å². The number of methoxy groups -OCH3 is 1. The Morgan fingerprint density at radius 1 is 1.35 bits per heavy atom. The van der Waals surface area contributed by atoms with Crippen LogP contribution in [0.3, 0.4) is 0 Å². The molecule has 98 valence electrons. The summed E-state index contributed by atoms with van der Waals surface area (Å²) in [6, 6.07) is 0. The summed E-state index contributed by atoms with van der Waals surface area (Å²) >= 11 is 0. The minimum absolute atomic E-state index is 0.445. The van der Waals surface area contributed by atoms with E-state index in [0.717, 1.165) is 12.8 Å². The van der Waals surface area contributed by atoms with Crippen molar-refractivity contribution in [1.82, 2.24) is 5.32 Å². The lowest BCUT2D eigenvalue weighted by molar-refractivity contribution is -0.151. The maximum atomic E-state index is 12.7. The second-order valence-corrected chi connectivity index (χ2v) is 4.58. The fourth-order valence-electron chi connectivity index (χ4n) is 2.15. The summed E-state index contributed by atoms with van der Waals surface area (Å²) in [6.45, 7) is 0.673. The van der Waals surface area contributed by atoms with E-state index >= 15 is 0 Å². The maximum absolute atomic E-state index is 12.7. The number of halogens is 2. The molecule has 0 atom stereocenters. The molecule has 0 saturated heterocycles. The van der Waals surface area contributed by atoms with Gasteiger partial charge in [0.25, 0.3) is 5.92 Å². The number of rotatable bonds is 4. The normalized spacial score (nSPS) is 18.8. The molecule has 1 aliphatic rings. The molecule has 0 unspecified atom stereocenters. The Kier molecular flexibility index (Phi) is 4.06. The van der Waals surface area contributed by atoms with Crippen LogP contribution in [-0.4, -0.2) is 30.4 Å². The zero-order chi connectivity index (χ0) is 13.1. The van der Waals surface area contributed by atoms with Gasteiger partial charge >= 0.3 is 5.97 Å². The van der Waals surface area contributed by atoms with Crippen LogP contribution < -0.4 is 5.32 Å². The van der Waals surface area contributed by atoms with Crippen molar-refractivity contribution in [3.8, 4) is 0 Å². The van der Waals surface area contributed by atoms with Gasteiger partial charge in [0.05, 0.1) is 13.5 Å². The minimum atomic E-state index is -3.07. The smallest absolute Gasteiger partial charge is 0.331 e. The number of amides is 1. The maximum Gasteiger partial charge on any atom is 0.331 e. The van der Waals surface area contributed by atoms with E-state index in [-0.39, 0.29) is 0 Å². The summed E-state index contributed by atoms with van der Waals surface area (Å²) in [5.74, 6) is -4.44. The van der Waals surface area contributed by atoms with Gasteiger partial charge in [-0.25, -0.2) is 13.6 Å². The zero-order valence-electron chi connectivity index (χ0n) is 10.0. The van der Waals surface area contributed by atoms with Crippen LogP contribution in [-0.2, 0) is 14.3 Å². The van der Waals surface area contributed by atoms with E-state index in [0.29, 0.717) is 19.8 Å². The van der Waals surface area contributed by atoms with Gasteiger partial charge in [-0.1, -0.05) is 12.8 Å². The lowest BCUT2D eigenvalue weighted by atomic mass is 9.97. The summed E-state index contributed by atoms with van der Waals surface area (Å²) in [5.41, 5.74) is -1.10. The first-order valence-corrected chi connectivity index (χ1v) is 5.56. The number of carbonyl (C=O) groups excluding carboxylic acids is 2. The number of esters is 1. The summed E-state index contributed by atoms with van der Waals surface area (Å²) in [5, 5.41) is 2.41. The van der Waals surface area contributed by atoms with E-state index in [1.54, 1.807) is 0 Å². The van der Waals surface area contributed by atoms with Crippen LogP contribution in [0.25, 0.3) is 0 Å². The Balaban J connectivity index is 2.68. The molecule has 6 heteroatoms. The predicted octanol–water partition coefficient (Wildman–Crippen LogP) is 1.63. The fraction of sp³-hybridized carbons (Fsp3) is 0.818. The molecule has 0 bridgehead atoms. The monoisotopic (exact) mass is 249 g/mol. The largest absolute Gasteiger partial charge is 0.467 e. The highest BCUT2D eigenvalue weighted by Gasteiger charge is 2.44. The van der Waals surface area contributed by atoms with E-state index < -0.39 is 29.8 Å². The van der Waals surface area contributed by atoms with Crippen LogP contribution in [0, 0.1) is 0 Å². The highest BCUT2D eigenvalue weighted by Crippen LogP contribution is 2.31. The van der Waals surface area contributed by atoms with E-state index in [1.165, 1.54) is 7.11 Å². The topological polar surface area (TPSA) is 55.4 Å². The Morgan fingerprint density at radius 2 is 1.88 bits per heavy atom. The first-order chi connectivity index (χ1) is 7.79. The third-order valence-corrected chi connectivity index (χ3v) is 2.88. The molecule has 0 spiro atoms. The molecule has 1 saturated carbocycles. The molecule has 1 amide bonds. The number of nitrogens with one attached hydrogen (secondary N) is 1. The SMILES string of the molecule is COC(=O)C1(NC(=O)CC(C)(F)F)CCCC1. The summed E-state index contributed by atoms with van der Waals surface area (Å²) in [4.78, 5) is 23.1. The standard InChI is InChI=1S/C11H17F2NO3/c1-10(12,13)7-8(15)14-11(9(16)17-2)5-3-4-6-11/h3-7H2,1-2H3,(H,14,15). The second kappa shape index (κ2) is 4.98. The van der Waals surface area contributed by atoms with Crippen LogP contribution in [0.5, 0.6) is 0 Å². The molecule has 17 heavy (non-hydrogen) atoms. The van der Waals surface area contributed by atoms with E-state index in [2.05, 4.69) is 10.1 Å². The minimum Gasteiger partial charge on any atom is -0.467 e. The number of alkyl halides is 2. The Bertz CT molecular complexity index is 306. The van der Waals surface area contributed by atoms with Gasteiger partial charge in [0, 0.05) is 0 Å². The van der Waals surface area contributed by atoms with E-state index in [1.807, 2.05) is 0 Å². The summed E-state index contributed by atoms with van der Waals surface area (Å²) < 4.78 is 30.0. The Hall–Kier alpha value is -1.20. The van der Waals surface area contributed by atoms with Crippen molar-refractivity contribution in [2.24, 2.45) is 0 Å². The van der Waals surface area contributed by atoms with Crippen LogP contribution in [0.15, 0.2) is 0 Å². The van der Waals surface area contributed by atoms with Gasteiger partial charge in [-0.05, 0) is 19.8 Å². The average Bonchev–Trinajstić information content (AvgIpc) is 2.63. The quantitative estimate of drug-likeness (QED) is 0.770. The summed E-state index contributed by atoms with van der Waals surface area (Å²) in [6.07, 6.45) is 1.53. The lowest BCUT2D eigenvalue weighted by Gasteiger charge is -2.27. The van der Waals surface area contributed by atoms with Crippen LogP contribution in [0.1, 0.15) is 39.0 Å². The average molecular weight is 249 g/mol. The molecule has 1 fully saturated rings. The van der Waals surface area contributed by atoms with Crippen molar-refractivity contribution in [3.63, 3.8) is 0 Å². The molecule has 0 aromatic rings. The van der Waals surface area contributed by atoms with Gasteiger partial charge in [-0.2, -0.15) is 0 Å². The summed E-state index contributed by atoms with van der Waals surface area (Å²) in [7, 11) is 1.23. The molecule has 0 aromatic heterocycles. The highest BCUT2D eigenvalue weighted by molar-refractivity contribution is 5.88. The van der Waals surface area contributed by atoms with Crippen molar-refractivity contribution in [1.29, 1.82) is 0 Å². The third kappa shape index (κ3) is 3.64. The first-order valence-electron chi connectivity index (χ1n) is 5.56. The zero-order valence-corrected chi connectivity index (χ0v) is 10.0. The van der Waals surface area contributed by atoms with Gasteiger partial charge in [0.15, 0.2) is 0 Å². The number of ether oxygens (including phenoxy) is 1. The molecule has 0 aromatic carbocycles. The van der Waals surface area contributed by atoms with Crippen molar-refractivity contribution >= 4 is 11.9 Å². The number of hydrogen-bond donors (Lipinski definition) is 1. The molecule has 0 radical (unpaired) electrons. The van der Waals surface area contributed by atoms with Gasteiger partial charge in [0.1, 0.15) is 5.54 Å². The van der Waals surface area contributed by atoms with Crippen molar-refractivity contribution in [2.75, 3.05) is 7.11 Å². The van der Waals surface area contributed by atoms with Crippen molar-refractivity contribution in [2.45, 2.75) is 50.5 Å². The molecule has 0 aliphatic heterocycles. The fourth-order valence-corrected chi connectivity index (χ4v) is 2.15. The molecule has 1 N–H and O–H groups in total. The lowest BCUT2D eigenvalue weighted by Crippen LogP contribution is -2.53.